The van der Waals surface area contributed by atoms with Gasteiger partial charge < -0.3 is 20.7 Å². The molecular weight excluding hydrogens is 362 g/mol. The Kier molecular flexibility index (Phi) is 7.27. The van der Waals surface area contributed by atoms with Crippen LogP contribution in [0.2, 0.25) is 0 Å². The van der Waals surface area contributed by atoms with E-state index in [1.54, 1.807) is 30.3 Å². The van der Waals surface area contributed by atoms with Gasteiger partial charge in [-0.3, -0.25) is 14.4 Å². The van der Waals surface area contributed by atoms with Crippen LogP contribution in [0.15, 0.2) is 48.5 Å². The van der Waals surface area contributed by atoms with Gasteiger partial charge in [0.15, 0.2) is 6.61 Å². The molecule has 0 aliphatic carbocycles. The van der Waals surface area contributed by atoms with Crippen molar-refractivity contribution in [3.05, 3.63) is 59.7 Å². The number of rotatable bonds is 7. The van der Waals surface area contributed by atoms with Crippen molar-refractivity contribution >= 4 is 35.1 Å². The van der Waals surface area contributed by atoms with Gasteiger partial charge in [-0.2, -0.15) is 0 Å². The Morgan fingerprint density at radius 2 is 1.61 bits per heavy atom. The van der Waals surface area contributed by atoms with Crippen molar-refractivity contribution in [2.45, 2.75) is 13.8 Å². The lowest BCUT2D eigenvalue weighted by Gasteiger charge is -2.09. The number of esters is 1. The molecule has 8 heteroatoms. The van der Waals surface area contributed by atoms with Crippen molar-refractivity contribution in [3.63, 3.8) is 0 Å². The molecule has 0 fully saturated rings. The molecule has 3 amide bonds. The Labute approximate surface area is 162 Å². The quantitative estimate of drug-likeness (QED) is 0.634. The van der Waals surface area contributed by atoms with Crippen molar-refractivity contribution < 1.29 is 23.9 Å². The Balaban J connectivity index is 1.88. The van der Waals surface area contributed by atoms with Crippen molar-refractivity contribution in [2.75, 3.05) is 23.8 Å². The van der Waals surface area contributed by atoms with Crippen molar-refractivity contribution in [3.8, 4) is 0 Å². The molecule has 0 unspecified atom stereocenters. The van der Waals surface area contributed by atoms with Gasteiger partial charge in [-0.05, 0) is 49.4 Å². The SMILES string of the molecule is CCNC(=O)c1cccc(NC(=O)COC(=O)c2ccc(NC(C)=O)cc2)c1. The third-order valence-corrected chi connectivity index (χ3v) is 3.52. The summed E-state index contributed by atoms with van der Waals surface area (Å²) in [6, 6.07) is 12.5. The van der Waals surface area contributed by atoms with Gasteiger partial charge in [0, 0.05) is 30.4 Å². The van der Waals surface area contributed by atoms with E-state index in [0.29, 0.717) is 23.5 Å². The lowest BCUT2D eigenvalue weighted by molar-refractivity contribution is -0.119. The third kappa shape index (κ3) is 6.24. The van der Waals surface area contributed by atoms with Crippen LogP contribution in [0.3, 0.4) is 0 Å². The first kappa shape index (κ1) is 20.6. The number of carbonyl (C=O) groups is 4. The first-order valence-corrected chi connectivity index (χ1v) is 8.62. The van der Waals surface area contributed by atoms with E-state index < -0.39 is 18.5 Å². The van der Waals surface area contributed by atoms with E-state index in [1.165, 1.54) is 25.1 Å². The fourth-order valence-corrected chi connectivity index (χ4v) is 2.31. The van der Waals surface area contributed by atoms with Crippen LogP contribution in [-0.4, -0.2) is 36.8 Å². The molecule has 0 aliphatic heterocycles. The second kappa shape index (κ2) is 9.86. The van der Waals surface area contributed by atoms with Gasteiger partial charge >= 0.3 is 5.97 Å². The van der Waals surface area contributed by atoms with Gasteiger partial charge in [0.2, 0.25) is 5.91 Å². The average Bonchev–Trinajstić information content (AvgIpc) is 2.66. The lowest BCUT2D eigenvalue weighted by Crippen LogP contribution is -2.23. The van der Waals surface area contributed by atoms with Crippen LogP contribution in [0.4, 0.5) is 11.4 Å². The van der Waals surface area contributed by atoms with Gasteiger partial charge in [-0.1, -0.05) is 6.07 Å². The molecule has 146 valence electrons. The van der Waals surface area contributed by atoms with E-state index in [0.717, 1.165) is 0 Å². The molecule has 0 heterocycles. The summed E-state index contributed by atoms with van der Waals surface area (Å²) in [6.07, 6.45) is 0. The van der Waals surface area contributed by atoms with Gasteiger partial charge in [0.05, 0.1) is 5.56 Å². The largest absolute Gasteiger partial charge is 0.452 e. The Morgan fingerprint density at radius 3 is 2.25 bits per heavy atom. The zero-order chi connectivity index (χ0) is 20.5. The molecule has 0 saturated heterocycles. The highest BCUT2D eigenvalue weighted by molar-refractivity contribution is 5.98. The number of anilines is 2. The highest BCUT2D eigenvalue weighted by atomic mass is 16.5. The molecule has 2 aromatic rings. The first-order valence-electron chi connectivity index (χ1n) is 8.62. The van der Waals surface area contributed by atoms with Crippen LogP contribution < -0.4 is 16.0 Å². The van der Waals surface area contributed by atoms with Crippen molar-refractivity contribution in [1.82, 2.24) is 5.32 Å². The molecule has 0 radical (unpaired) electrons. The monoisotopic (exact) mass is 383 g/mol. The lowest BCUT2D eigenvalue weighted by atomic mass is 10.2. The van der Waals surface area contributed by atoms with Crippen LogP contribution in [0, 0.1) is 0 Å². The normalized spacial score (nSPS) is 9.93. The van der Waals surface area contributed by atoms with Crippen LogP contribution in [0.5, 0.6) is 0 Å². The minimum absolute atomic E-state index is 0.219. The molecule has 28 heavy (non-hydrogen) atoms. The highest BCUT2D eigenvalue weighted by Crippen LogP contribution is 2.12. The molecule has 0 aliphatic rings. The maximum atomic E-state index is 12.0. The van der Waals surface area contributed by atoms with E-state index in [-0.39, 0.29) is 17.4 Å². The van der Waals surface area contributed by atoms with Crippen LogP contribution in [-0.2, 0) is 14.3 Å². The molecule has 0 spiro atoms. The topological polar surface area (TPSA) is 114 Å². The summed E-state index contributed by atoms with van der Waals surface area (Å²) in [5, 5.41) is 7.83. The van der Waals surface area contributed by atoms with Crippen LogP contribution >= 0.6 is 0 Å². The maximum Gasteiger partial charge on any atom is 0.338 e. The fourth-order valence-electron chi connectivity index (χ4n) is 2.31. The second-order valence-electron chi connectivity index (χ2n) is 5.82. The second-order valence-corrected chi connectivity index (χ2v) is 5.82. The van der Waals surface area contributed by atoms with E-state index in [4.69, 9.17) is 4.74 Å². The fraction of sp³-hybridized carbons (Fsp3) is 0.200. The van der Waals surface area contributed by atoms with E-state index in [2.05, 4.69) is 16.0 Å². The number of ether oxygens (including phenoxy) is 1. The summed E-state index contributed by atoms with van der Waals surface area (Å²) in [5.74, 6) is -1.66. The molecule has 0 atom stereocenters. The number of hydrogen-bond acceptors (Lipinski definition) is 5. The summed E-state index contributed by atoms with van der Waals surface area (Å²) in [5.41, 5.74) is 1.63. The minimum atomic E-state index is -0.666. The predicted octanol–water partition coefficient (Wildman–Crippen LogP) is 2.19. The Morgan fingerprint density at radius 1 is 0.893 bits per heavy atom. The Hall–Kier alpha value is -3.68. The maximum absolute atomic E-state index is 12.0. The third-order valence-electron chi connectivity index (χ3n) is 3.52. The standard InChI is InChI=1S/C20H21N3O5/c1-3-21-19(26)15-5-4-6-17(11-15)23-18(25)12-28-20(27)14-7-9-16(10-8-14)22-13(2)24/h4-11H,3,12H2,1-2H3,(H,21,26)(H,22,24)(H,23,25). The molecule has 3 N–H and O–H groups in total. The summed E-state index contributed by atoms with van der Waals surface area (Å²) in [4.78, 5) is 46.8. The van der Waals surface area contributed by atoms with E-state index in [9.17, 15) is 19.2 Å². The Bertz CT molecular complexity index is 878. The van der Waals surface area contributed by atoms with Gasteiger partial charge in [0.25, 0.3) is 11.8 Å². The zero-order valence-corrected chi connectivity index (χ0v) is 15.6. The zero-order valence-electron chi connectivity index (χ0n) is 15.6. The summed E-state index contributed by atoms with van der Waals surface area (Å²) >= 11 is 0. The van der Waals surface area contributed by atoms with Gasteiger partial charge in [-0.25, -0.2) is 4.79 Å². The molecule has 0 aromatic heterocycles. The smallest absolute Gasteiger partial charge is 0.338 e. The van der Waals surface area contributed by atoms with E-state index in [1.807, 2.05) is 6.92 Å². The van der Waals surface area contributed by atoms with Crippen molar-refractivity contribution in [2.24, 2.45) is 0 Å². The summed E-state index contributed by atoms with van der Waals surface area (Å²) in [6.45, 7) is 3.22. The molecule has 0 saturated carbocycles. The van der Waals surface area contributed by atoms with Gasteiger partial charge in [-0.15, -0.1) is 0 Å². The number of amides is 3. The molecule has 2 aromatic carbocycles. The summed E-state index contributed by atoms with van der Waals surface area (Å²) in [7, 11) is 0. The summed E-state index contributed by atoms with van der Waals surface area (Å²) < 4.78 is 4.98. The molecule has 8 nitrogen and oxygen atoms in total. The molecule has 2 rings (SSSR count). The van der Waals surface area contributed by atoms with Gasteiger partial charge in [0.1, 0.15) is 0 Å². The molecule has 0 bridgehead atoms. The van der Waals surface area contributed by atoms with Crippen LogP contribution in [0.25, 0.3) is 0 Å². The average molecular weight is 383 g/mol. The predicted molar refractivity (Wildman–Crippen MR) is 104 cm³/mol. The number of hydrogen-bond donors (Lipinski definition) is 3. The number of benzene rings is 2. The molecular formula is C20H21N3O5. The van der Waals surface area contributed by atoms with Crippen molar-refractivity contribution in [1.29, 1.82) is 0 Å². The first-order chi connectivity index (χ1) is 13.4. The number of carbonyl (C=O) groups excluding carboxylic acids is 4. The van der Waals surface area contributed by atoms with Crippen LogP contribution in [0.1, 0.15) is 34.6 Å². The minimum Gasteiger partial charge on any atom is -0.452 e. The van der Waals surface area contributed by atoms with E-state index >= 15 is 0 Å². The number of nitrogens with one attached hydrogen (secondary N) is 3. The highest BCUT2D eigenvalue weighted by Gasteiger charge is 2.12.